The second-order valence-corrected chi connectivity index (χ2v) is 6.97. The standard InChI is InChI=1S/C18H27N3O.ClH/c1-18(2,15-6-4-3-5-7-15)17(22)21-12-10-20(11-13-21)16-8-9-19-14-16;/h3-7,16,19H,8-14H2,1-2H3;1H. The number of carbonyl (C=O) groups is 1. The fourth-order valence-electron chi connectivity index (χ4n) is 3.61. The third-order valence-corrected chi connectivity index (χ3v) is 5.18. The van der Waals surface area contributed by atoms with E-state index in [0.29, 0.717) is 6.04 Å². The molecule has 4 nitrogen and oxygen atoms in total. The highest BCUT2D eigenvalue weighted by molar-refractivity contribution is 5.87. The van der Waals surface area contributed by atoms with Crippen molar-refractivity contribution in [2.45, 2.75) is 31.7 Å². The molecule has 2 aliphatic rings. The van der Waals surface area contributed by atoms with Gasteiger partial charge in [-0.3, -0.25) is 9.69 Å². The lowest BCUT2D eigenvalue weighted by atomic mass is 9.83. The summed E-state index contributed by atoms with van der Waals surface area (Å²) in [5.41, 5.74) is 0.653. The molecule has 0 spiro atoms. The molecule has 0 radical (unpaired) electrons. The van der Waals surface area contributed by atoms with Gasteiger partial charge in [0.25, 0.3) is 0 Å². The fourth-order valence-corrected chi connectivity index (χ4v) is 3.61. The smallest absolute Gasteiger partial charge is 0.232 e. The lowest BCUT2D eigenvalue weighted by Gasteiger charge is -2.40. The van der Waals surface area contributed by atoms with E-state index in [2.05, 4.69) is 22.3 Å². The van der Waals surface area contributed by atoms with Crippen molar-refractivity contribution in [3.8, 4) is 0 Å². The van der Waals surface area contributed by atoms with Gasteiger partial charge in [0, 0.05) is 38.8 Å². The molecule has 2 aliphatic heterocycles. The predicted octanol–water partition coefficient (Wildman–Crippen LogP) is 1.89. The highest BCUT2D eigenvalue weighted by atomic mass is 35.5. The Bertz CT molecular complexity index is 506. The van der Waals surface area contributed by atoms with Gasteiger partial charge in [-0.25, -0.2) is 0 Å². The maximum absolute atomic E-state index is 12.9. The Morgan fingerprint density at radius 3 is 2.35 bits per heavy atom. The van der Waals surface area contributed by atoms with Crippen molar-refractivity contribution >= 4 is 18.3 Å². The number of halogens is 1. The molecule has 0 bridgehead atoms. The maximum atomic E-state index is 12.9. The van der Waals surface area contributed by atoms with Crippen LogP contribution in [0.25, 0.3) is 0 Å². The van der Waals surface area contributed by atoms with Crippen LogP contribution in [-0.4, -0.2) is 61.0 Å². The Balaban J connectivity index is 0.00000192. The minimum Gasteiger partial charge on any atom is -0.339 e. The summed E-state index contributed by atoms with van der Waals surface area (Å²) in [6.45, 7) is 10.0. The van der Waals surface area contributed by atoms with Gasteiger partial charge in [-0.05, 0) is 32.4 Å². The van der Waals surface area contributed by atoms with Crippen molar-refractivity contribution < 1.29 is 4.79 Å². The van der Waals surface area contributed by atoms with Gasteiger partial charge in [-0.15, -0.1) is 12.4 Å². The molecule has 1 aromatic rings. The molecule has 128 valence electrons. The Morgan fingerprint density at radius 1 is 1.13 bits per heavy atom. The summed E-state index contributed by atoms with van der Waals surface area (Å²) in [5.74, 6) is 0.253. The van der Waals surface area contributed by atoms with Crippen LogP contribution >= 0.6 is 12.4 Å². The summed E-state index contributed by atoms with van der Waals surface area (Å²) in [5, 5.41) is 3.43. The zero-order valence-electron chi connectivity index (χ0n) is 14.1. The number of benzene rings is 1. The molecule has 1 atom stereocenters. The molecule has 0 aromatic heterocycles. The van der Waals surface area contributed by atoms with Crippen LogP contribution < -0.4 is 5.32 Å². The van der Waals surface area contributed by atoms with E-state index in [9.17, 15) is 4.79 Å². The summed E-state index contributed by atoms with van der Waals surface area (Å²) in [6, 6.07) is 10.8. The zero-order chi connectivity index (χ0) is 15.6. The number of piperazine rings is 1. The van der Waals surface area contributed by atoms with E-state index in [1.165, 1.54) is 6.42 Å². The topological polar surface area (TPSA) is 35.6 Å². The van der Waals surface area contributed by atoms with Crippen LogP contribution in [0.4, 0.5) is 0 Å². The average molecular weight is 338 g/mol. The molecule has 1 amide bonds. The largest absolute Gasteiger partial charge is 0.339 e. The number of nitrogens with zero attached hydrogens (tertiary/aromatic N) is 2. The highest BCUT2D eigenvalue weighted by Crippen LogP contribution is 2.26. The number of nitrogens with one attached hydrogen (secondary N) is 1. The summed E-state index contributed by atoms with van der Waals surface area (Å²) >= 11 is 0. The maximum Gasteiger partial charge on any atom is 0.232 e. The van der Waals surface area contributed by atoms with E-state index >= 15 is 0 Å². The summed E-state index contributed by atoms with van der Waals surface area (Å²) < 4.78 is 0. The van der Waals surface area contributed by atoms with Crippen LogP contribution in [0.5, 0.6) is 0 Å². The summed E-state index contributed by atoms with van der Waals surface area (Å²) in [7, 11) is 0. The summed E-state index contributed by atoms with van der Waals surface area (Å²) in [6.07, 6.45) is 1.24. The van der Waals surface area contributed by atoms with Crippen LogP contribution in [0, 0.1) is 0 Å². The molecule has 23 heavy (non-hydrogen) atoms. The van der Waals surface area contributed by atoms with E-state index in [1.54, 1.807) is 0 Å². The molecule has 5 heteroatoms. The quantitative estimate of drug-likeness (QED) is 0.915. The van der Waals surface area contributed by atoms with E-state index in [0.717, 1.165) is 44.8 Å². The van der Waals surface area contributed by atoms with Gasteiger partial charge in [0.1, 0.15) is 0 Å². The zero-order valence-corrected chi connectivity index (χ0v) is 14.9. The van der Waals surface area contributed by atoms with Crippen molar-refractivity contribution in [3.63, 3.8) is 0 Å². The molecule has 1 aromatic carbocycles. The molecular formula is C18H28ClN3O. The van der Waals surface area contributed by atoms with E-state index in [1.807, 2.05) is 36.9 Å². The van der Waals surface area contributed by atoms with Crippen LogP contribution in [0.2, 0.25) is 0 Å². The number of carbonyl (C=O) groups excluding carboxylic acids is 1. The van der Waals surface area contributed by atoms with E-state index < -0.39 is 5.41 Å². The Morgan fingerprint density at radius 2 is 1.78 bits per heavy atom. The van der Waals surface area contributed by atoms with Gasteiger partial charge in [-0.2, -0.15) is 0 Å². The third kappa shape index (κ3) is 3.87. The van der Waals surface area contributed by atoms with Gasteiger partial charge in [0.2, 0.25) is 5.91 Å². The first kappa shape index (κ1) is 18.2. The minimum absolute atomic E-state index is 0. The molecule has 1 N–H and O–H groups in total. The first-order valence-electron chi connectivity index (χ1n) is 8.39. The molecule has 0 saturated carbocycles. The Labute approximate surface area is 145 Å². The first-order chi connectivity index (χ1) is 10.6. The summed E-state index contributed by atoms with van der Waals surface area (Å²) in [4.78, 5) is 17.5. The Kier molecular flexibility index (Phi) is 6.06. The monoisotopic (exact) mass is 337 g/mol. The molecule has 2 fully saturated rings. The SMILES string of the molecule is CC(C)(C(=O)N1CCN(C2CCNC2)CC1)c1ccccc1.Cl. The van der Waals surface area contributed by atoms with Gasteiger partial charge >= 0.3 is 0 Å². The molecule has 2 saturated heterocycles. The van der Waals surface area contributed by atoms with Crippen molar-refractivity contribution in [3.05, 3.63) is 35.9 Å². The highest BCUT2D eigenvalue weighted by Gasteiger charge is 2.36. The first-order valence-corrected chi connectivity index (χ1v) is 8.39. The normalized spacial score (nSPS) is 22.7. The Hall–Kier alpha value is -1.10. The van der Waals surface area contributed by atoms with Crippen LogP contribution in [0.1, 0.15) is 25.8 Å². The lowest BCUT2D eigenvalue weighted by Crippen LogP contribution is -2.55. The van der Waals surface area contributed by atoms with Crippen molar-refractivity contribution in [2.75, 3.05) is 39.3 Å². The molecular weight excluding hydrogens is 310 g/mol. The molecule has 0 aliphatic carbocycles. The predicted molar refractivity (Wildman–Crippen MR) is 96.1 cm³/mol. The van der Waals surface area contributed by atoms with E-state index in [4.69, 9.17) is 0 Å². The van der Waals surface area contributed by atoms with E-state index in [-0.39, 0.29) is 18.3 Å². The van der Waals surface area contributed by atoms with Gasteiger partial charge in [-0.1, -0.05) is 30.3 Å². The second kappa shape index (κ2) is 7.65. The van der Waals surface area contributed by atoms with Crippen LogP contribution in [0.3, 0.4) is 0 Å². The number of hydrogen-bond donors (Lipinski definition) is 1. The molecule has 2 heterocycles. The van der Waals surface area contributed by atoms with Gasteiger partial charge in [0.15, 0.2) is 0 Å². The third-order valence-electron chi connectivity index (χ3n) is 5.18. The van der Waals surface area contributed by atoms with Gasteiger partial charge < -0.3 is 10.2 Å². The number of amides is 1. The second-order valence-electron chi connectivity index (χ2n) is 6.97. The lowest BCUT2D eigenvalue weighted by molar-refractivity contribution is -0.138. The van der Waals surface area contributed by atoms with Crippen LogP contribution in [-0.2, 0) is 10.2 Å². The van der Waals surface area contributed by atoms with Crippen molar-refractivity contribution in [1.82, 2.24) is 15.1 Å². The average Bonchev–Trinajstić information content (AvgIpc) is 3.09. The van der Waals surface area contributed by atoms with Crippen molar-refractivity contribution in [1.29, 1.82) is 0 Å². The number of hydrogen-bond acceptors (Lipinski definition) is 3. The van der Waals surface area contributed by atoms with Gasteiger partial charge in [0.05, 0.1) is 5.41 Å². The molecule has 1 unspecified atom stereocenters. The molecule has 3 rings (SSSR count). The minimum atomic E-state index is -0.446. The van der Waals surface area contributed by atoms with Crippen LogP contribution in [0.15, 0.2) is 30.3 Å². The van der Waals surface area contributed by atoms with Crippen molar-refractivity contribution in [2.24, 2.45) is 0 Å². The number of rotatable bonds is 3. The fraction of sp³-hybridized carbons (Fsp3) is 0.611.